The van der Waals surface area contributed by atoms with Gasteiger partial charge >= 0.3 is 12.4 Å². The smallest absolute Gasteiger partial charge is 0.282 e. The molecule has 0 saturated heterocycles. The third kappa shape index (κ3) is 5.60. The van der Waals surface area contributed by atoms with Gasteiger partial charge in [-0.3, -0.25) is 9.11 Å². The molecule has 0 fully saturated rings. The molecular weight excluding hydrogens is 614 g/mol. The molecule has 0 amide bonds. The Morgan fingerprint density at radius 3 is 1.19 bits per heavy atom. The van der Waals surface area contributed by atoms with Gasteiger partial charge in [0.2, 0.25) is 0 Å². The van der Waals surface area contributed by atoms with Crippen molar-refractivity contribution in [3.05, 3.63) is 55.5 Å². The molecule has 16 heteroatoms. The lowest BCUT2D eigenvalue weighted by Gasteiger charge is -2.21. The molecule has 0 aromatic heterocycles. The molecule has 0 bridgehead atoms. The van der Waals surface area contributed by atoms with Crippen molar-refractivity contribution in [3.8, 4) is 0 Å². The highest BCUT2D eigenvalue weighted by atomic mass is 79.9. The first-order valence-electron chi connectivity index (χ1n) is 7.48. The summed E-state index contributed by atoms with van der Waals surface area (Å²) in [6.45, 7) is 0. The fourth-order valence-electron chi connectivity index (χ4n) is 2.78. The molecule has 0 aliphatic heterocycles. The highest BCUT2D eigenvalue weighted by Crippen LogP contribution is 2.44. The van der Waals surface area contributed by atoms with E-state index >= 15 is 0 Å². The molecule has 0 aliphatic carbocycles. The minimum absolute atomic E-state index is 0.403. The average Bonchev–Trinajstić information content (AvgIpc) is 2.53. The third-order valence-electron chi connectivity index (χ3n) is 3.91. The van der Waals surface area contributed by atoms with E-state index in [0.29, 0.717) is 12.1 Å². The number of rotatable bonds is 4. The predicted octanol–water partition coefficient (Wildman–Crippen LogP) is 5.33. The van der Waals surface area contributed by atoms with Crippen LogP contribution in [0.1, 0.15) is 22.3 Å². The molecule has 2 rings (SSSR count). The third-order valence-corrected chi connectivity index (χ3v) is 7.19. The Balaban J connectivity index is 3.00. The lowest BCUT2D eigenvalue weighted by Crippen LogP contribution is -2.20. The van der Waals surface area contributed by atoms with E-state index in [1.165, 1.54) is 0 Å². The summed E-state index contributed by atoms with van der Waals surface area (Å²) < 4.78 is 145. The number of alkyl halides is 6. The molecule has 0 saturated carbocycles. The van der Waals surface area contributed by atoms with Crippen LogP contribution in [0.3, 0.4) is 0 Å². The highest BCUT2D eigenvalue weighted by Gasteiger charge is 2.43. The van der Waals surface area contributed by atoms with E-state index in [-0.39, 0.29) is 0 Å². The number of hydrogen-bond acceptors (Lipinski definition) is 4. The minimum Gasteiger partial charge on any atom is -0.282 e. The molecule has 6 nitrogen and oxygen atoms in total. The second-order valence-corrected chi connectivity index (χ2v) is 10.4. The Morgan fingerprint density at radius 2 is 0.968 bits per heavy atom. The van der Waals surface area contributed by atoms with Crippen molar-refractivity contribution in [2.45, 2.75) is 28.6 Å². The summed E-state index contributed by atoms with van der Waals surface area (Å²) in [5, 5.41) is 0. The Morgan fingerprint density at radius 1 is 0.677 bits per heavy atom. The summed E-state index contributed by atoms with van der Waals surface area (Å²) in [4.78, 5) is -3.21. The van der Waals surface area contributed by atoms with Crippen LogP contribution in [0, 0.1) is 0 Å². The molecule has 0 unspecified atom stereocenters. The Bertz CT molecular complexity index is 1160. The van der Waals surface area contributed by atoms with E-state index in [9.17, 15) is 43.2 Å². The minimum atomic E-state index is -5.44. The van der Waals surface area contributed by atoms with Gasteiger partial charge in [-0.25, -0.2) is 0 Å². The van der Waals surface area contributed by atoms with Gasteiger partial charge in [-0.1, -0.05) is 31.9 Å². The van der Waals surface area contributed by atoms with Gasteiger partial charge in [0, 0.05) is 15.4 Å². The van der Waals surface area contributed by atoms with Crippen LogP contribution >= 0.6 is 31.9 Å². The summed E-state index contributed by atoms with van der Waals surface area (Å²) in [5.74, 6) is 0. The van der Waals surface area contributed by atoms with E-state index in [2.05, 4.69) is 31.9 Å². The largest absolute Gasteiger partial charge is 0.418 e. The summed E-state index contributed by atoms with van der Waals surface area (Å²) in [7, 11) is -10.9. The van der Waals surface area contributed by atoms with Crippen molar-refractivity contribution in [3.63, 3.8) is 0 Å². The monoisotopic (exact) mass is 620 g/mol. The van der Waals surface area contributed by atoms with E-state index in [4.69, 9.17) is 9.11 Å². The van der Waals surface area contributed by atoms with Crippen LogP contribution in [0.25, 0.3) is 0 Å². The van der Waals surface area contributed by atoms with Gasteiger partial charge in [0.1, 0.15) is 9.79 Å². The van der Waals surface area contributed by atoms with Crippen LogP contribution in [0.4, 0.5) is 26.3 Å². The first-order chi connectivity index (χ1) is 13.8. The molecule has 0 atom stereocenters. The van der Waals surface area contributed by atoms with Crippen molar-refractivity contribution in [2.75, 3.05) is 0 Å². The van der Waals surface area contributed by atoms with Crippen LogP contribution in [-0.2, 0) is 39.0 Å². The van der Waals surface area contributed by atoms with Gasteiger partial charge in [0.25, 0.3) is 20.2 Å². The zero-order valence-electron chi connectivity index (χ0n) is 14.4. The Kier molecular flexibility index (Phi) is 6.97. The molecule has 2 N–H and O–H groups in total. The maximum absolute atomic E-state index is 13.7. The molecule has 31 heavy (non-hydrogen) atoms. The van der Waals surface area contributed by atoms with Crippen LogP contribution in [0.15, 0.2) is 43.0 Å². The van der Waals surface area contributed by atoms with Crippen molar-refractivity contribution in [1.29, 1.82) is 0 Å². The molecule has 2 aromatic carbocycles. The van der Waals surface area contributed by atoms with Gasteiger partial charge in [-0.05, 0) is 35.4 Å². The zero-order valence-corrected chi connectivity index (χ0v) is 19.2. The van der Waals surface area contributed by atoms with Crippen molar-refractivity contribution < 1.29 is 52.3 Å². The van der Waals surface area contributed by atoms with Gasteiger partial charge in [-0.15, -0.1) is 0 Å². The van der Waals surface area contributed by atoms with E-state index in [0.717, 1.165) is 12.1 Å². The quantitative estimate of drug-likeness (QED) is 0.353. The topological polar surface area (TPSA) is 109 Å². The highest BCUT2D eigenvalue weighted by molar-refractivity contribution is 9.10. The van der Waals surface area contributed by atoms with Crippen LogP contribution in [0.2, 0.25) is 0 Å². The van der Waals surface area contributed by atoms with Crippen LogP contribution < -0.4 is 0 Å². The molecule has 0 heterocycles. The SMILES string of the molecule is O=S(=O)(O)c1ccc(Br)c(Cc2c(Br)ccc(S(=O)(=O)O)c2C(F)(F)F)c1C(F)(F)F. The first-order valence-corrected chi connectivity index (χ1v) is 11.9. The fourth-order valence-corrected chi connectivity index (χ4v) is 5.19. The standard InChI is InChI=1S/C15H8Br2F6O6S2/c16-8-1-3-10(30(24,25)26)12(14(18,19)20)6(8)5-7-9(17)2-4-11(31(27,28)29)13(7)15(21,22)23/h1-4H,5H2,(H,24,25,26)(H,27,28,29). The number of hydrogen-bond donors (Lipinski definition) is 2. The molecule has 0 spiro atoms. The van der Waals surface area contributed by atoms with Crippen LogP contribution in [0.5, 0.6) is 0 Å². The fraction of sp³-hybridized carbons (Fsp3) is 0.200. The molecule has 172 valence electrons. The van der Waals surface area contributed by atoms with E-state index in [1.807, 2.05) is 0 Å². The average molecular weight is 622 g/mol. The van der Waals surface area contributed by atoms with Crippen molar-refractivity contribution in [1.82, 2.24) is 0 Å². The van der Waals surface area contributed by atoms with Gasteiger partial charge in [-0.2, -0.15) is 43.2 Å². The van der Waals surface area contributed by atoms with Crippen molar-refractivity contribution in [2.24, 2.45) is 0 Å². The van der Waals surface area contributed by atoms with Gasteiger partial charge in [0.05, 0.1) is 11.1 Å². The summed E-state index contributed by atoms with van der Waals surface area (Å²) >= 11 is 5.43. The maximum Gasteiger partial charge on any atom is 0.418 e. The molecule has 0 aliphatic rings. The summed E-state index contributed by atoms with van der Waals surface area (Å²) in [5.41, 5.74) is -5.94. The maximum atomic E-state index is 13.7. The first kappa shape index (κ1) is 26.1. The molecule has 2 aromatic rings. The zero-order chi connectivity index (χ0) is 24.2. The summed E-state index contributed by atoms with van der Waals surface area (Å²) in [6, 6.07) is 2.34. The van der Waals surface area contributed by atoms with E-state index in [1.54, 1.807) is 0 Å². The summed E-state index contributed by atoms with van der Waals surface area (Å²) in [6.07, 6.45) is -12.1. The molecular formula is C15H8Br2F6O6S2. The predicted molar refractivity (Wildman–Crippen MR) is 101 cm³/mol. The second kappa shape index (κ2) is 8.30. The van der Waals surface area contributed by atoms with E-state index < -0.39 is 80.0 Å². The number of benzene rings is 2. The lowest BCUT2D eigenvalue weighted by molar-refractivity contribution is -0.140. The van der Waals surface area contributed by atoms with Crippen molar-refractivity contribution >= 4 is 52.1 Å². The second-order valence-electron chi connectivity index (χ2n) is 5.92. The van der Waals surface area contributed by atoms with Gasteiger partial charge < -0.3 is 0 Å². The van der Waals surface area contributed by atoms with Gasteiger partial charge in [0.15, 0.2) is 0 Å². The molecule has 0 radical (unpaired) electrons. The normalized spacial score (nSPS) is 13.5. The van der Waals surface area contributed by atoms with Crippen LogP contribution in [-0.4, -0.2) is 25.9 Å². The Labute approximate surface area is 188 Å². The number of halogens is 8. The Hall–Kier alpha value is -1.20. The lowest BCUT2D eigenvalue weighted by atomic mass is 9.95.